The van der Waals surface area contributed by atoms with Crippen molar-refractivity contribution in [1.29, 1.82) is 0 Å². The second-order valence-electron chi connectivity index (χ2n) is 4.94. The van der Waals surface area contributed by atoms with E-state index in [9.17, 15) is 4.79 Å². The number of aryl methyl sites for hydroxylation is 1. The largest absolute Gasteiger partial charge is 0.326 e. The number of nitrogens with zero attached hydrogens (tertiary/aromatic N) is 5. The Morgan fingerprint density at radius 2 is 2.29 bits per heavy atom. The Balaban J connectivity index is 1.71. The van der Waals surface area contributed by atoms with Gasteiger partial charge in [0.25, 0.3) is 0 Å². The van der Waals surface area contributed by atoms with E-state index in [1.54, 1.807) is 16.0 Å². The number of anilines is 1. The van der Waals surface area contributed by atoms with Crippen LogP contribution in [0.15, 0.2) is 34.8 Å². The number of carbonyl (C=O) groups is 1. The van der Waals surface area contributed by atoms with E-state index in [0.717, 1.165) is 22.8 Å². The molecule has 1 aromatic carbocycles. The predicted molar refractivity (Wildman–Crippen MR) is 94.8 cm³/mol. The maximum Gasteiger partial charge on any atom is 0.230 e. The van der Waals surface area contributed by atoms with Gasteiger partial charge in [-0.1, -0.05) is 24.8 Å². The van der Waals surface area contributed by atoms with Crippen molar-refractivity contribution in [2.24, 2.45) is 0 Å². The number of carbonyl (C=O) groups excluding carboxylic acids is 1. The lowest BCUT2D eigenvalue weighted by Crippen LogP contribution is -2.15. The first kappa shape index (κ1) is 16.6. The molecule has 7 nitrogen and oxygen atoms in total. The summed E-state index contributed by atoms with van der Waals surface area (Å²) in [5, 5.41) is 18.1. The van der Waals surface area contributed by atoms with Crippen LogP contribution in [0, 0.1) is 0 Å². The standard InChI is InChI=1S/C15H16N6OS2/c1-3-14-17-11(9-24-14)8-13(22)16-10-5-4-6-12(7-10)21-15(23-2)18-19-20-21/h4-7,9H,3,8H2,1-2H3,(H,16,22). The minimum Gasteiger partial charge on any atom is -0.326 e. The summed E-state index contributed by atoms with van der Waals surface area (Å²) in [6.45, 7) is 2.05. The number of tetrazole rings is 1. The molecule has 124 valence electrons. The van der Waals surface area contributed by atoms with Crippen LogP contribution in [-0.4, -0.2) is 37.4 Å². The molecule has 3 rings (SSSR count). The molecule has 0 atom stereocenters. The van der Waals surface area contributed by atoms with Gasteiger partial charge in [0, 0.05) is 11.1 Å². The normalized spacial score (nSPS) is 10.8. The van der Waals surface area contributed by atoms with Gasteiger partial charge in [-0.15, -0.1) is 16.4 Å². The summed E-state index contributed by atoms with van der Waals surface area (Å²) in [5.74, 6) is -0.0955. The van der Waals surface area contributed by atoms with Gasteiger partial charge in [-0.05, 0) is 41.3 Å². The van der Waals surface area contributed by atoms with E-state index >= 15 is 0 Å². The van der Waals surface area contributed by atoms with E-state index in [1.165, 1.54) is 11.8 Å². The zero-order valence-electron chi connectivity index (χ0n) is 13.3. The lowest BCUT2D eigenvalue weighted by Gasteiger charge is -2.07. The lowest BCUT2D eigenvalue weighted by atomic mass is 10.2. The molecule has 0 radical (unpaired) electrons. The van der Waals surface area contributed by atoms with Gasteiger partial charge in [0.2, 0.25) is 11.1 Å². The predicted octanol–water partition coefficient (Wildman–Crippen LogP) is 2.58. The molecule has 0 bridgehead atoms. The van der Waals surface area contributed by atoms with Crippen LogP contribution in [0.3, 0.4) is 0 Å². The number of amides is 1. The maximum atomic E-state index is 12.2. The molecule has 9 heteroatoms. The van der Waals surface area contributed by atoms with Gasteiger partial charge < -0.3 is 5.32 Å². The van der Waals surface area contributed by atoms with Crippen molar-refractivity contribution in [2.45, 2.75) is 24.9 Å². The van der Waals surface area contributed by atoms with E-state index in [2.05, 4.69) is 32.7 Å². The van der Waals surface area contributed by atoms with Gasteiger partial charge >= 0.3 is 0 Å². The molecular weight excluding hydrogens is 344 g/mol. The molecule has 24 heavy (non-hydrogen) atoms. The van der Waals surface area contributed by atoms with Crippen LogP contribution in [0.4, 0.5) is 5.69 Å². The SMILES string of the molecule is CCc1nc(CC(=O)Nc2cccc(-n3nnnc3SC)c2)cs1. The molecule has 0 saturated heterocycles. The molecule has 1 amide bonds. The van der Waals surface area contributed by atoms with Gasteiger partial charge in [-0.25, -0.2) is 4.98 Å². The summed E-state index contributed by atoms with van der Waals surface area (Å²) >= 11 is 3.04. The number of benzene rings is 1. The lowest BCUT2D eigenvalue weighted by molar-refractivity contribution is -0.115. The van der Waals surface area contributed by atoms with Crippen molar-refractivity contribution in [3.05, 3.63) is 40.3 Å². The number of hydrogen-bond acceptors (Lipinski definition) is 7. The molecule has 1 N–H and O–H groups in total. The van der Waals surface area contributed by atoms with Gasteiger partial charge in [0.15, 0.2) is 0 Å². The monoisotopic (exact) mass is 360 g/mol. The van der Waals surface area contributed by atoms with Crippen molar-refractivity contribution < 1.29 is 4.79 Å². The Labute approximate surface area is 147 Å². The summed E-state index contributed by atoms with van der Waals surface area (Å²) in [7, 11) is 0. The van der Waals surface area contributed by atoms with Crippen LogP contribution in [0.25, 0.3) is 5.69 Å². The van der Waals surface area contributed by atoms with Gasteiger partial charge in [0.05, 0.1) is 22.8 Å². The van der Waals surface area contributed by atoms with Gasteiger partial charge in [-0.3, -0.25) is 4.79 Å². The molecule has 0 spiro atoms. The fourth-order valence-electron chi connectivity index (χ4n) is 2.15. The smallest absolute Gasteiger partial charge is 0.230 e. The first-order chi connectivity index (χ1) is 11.7. The van der Waals surface area contributed by atoms with Gasteiger partial charge in [0.1, 0.15) is 0 Å². The number of thioether (sulfide) groups is 1. The highest BCUT2D eigenvalue weighted by molar-refractivity contribution is 7.98. The average molecular weight is 360 g/mol. The van der Waals surface area contributed by atoms with Crippen LogP contribution in [0.5, 0.6) is 0 Å². The Hall–Kier alpha value is -2.26. The average Bonchev–Trinajstić information content (AvgIpc) is 3.23. The summed E-state index contributed by atoms with van der Waals surface area (Å²) in [6, 6.07) is 7.42. The van der Waals surface area contributed by atoms with Crippen LogP contribution < -0.4 is 5.32 Å². The van der Waals surface area contributed by atoms with Crippen molar-refractivity contribution in [3.8, 4) is 5.69 Å². The van der Waals surface area contributed by atoms with Crippen LogP contribution in [0.2, 0.25) is 0 Å². The summed E-state index contributed by atoms with van der Waals surface area (Å²) in [5.41, 5.74) is 2.30. The van der Waals surface area contributed by atoms with E-state index in [4.69, 9.17) is 0 Å². The van der Waals surface area contributed by atoms with Gasteiger partial charge in [-0.2, -0.15) is 4.68 Å². The summed E-state index contributed by atoms with van der Waals surface area (Å²) in [4.78, 5) is 16.6. The molecule has 0 aliphatic carbocycles. The number of thiazole rings is 1. The Morgan fingerprint density at radius 3 is 3.04 bits per heavy atom. The number of rotatable bonds is 6. The fraction of sp³-hybridized carbons (Fsp3) is 0.267. The van der Waals surface area contributed by atoms with E-state index < -0.39 is 0 Å². The molecule has 3 aromatic rings. The van der Waals surface area contributed by atoms with E-state index in [0.29, 0.717) is 10.8 Å². The summed E-state index contributed by atoms with van der Waals surface area (Å²) < 4.78 is 1.63. The fourth-order valence-corrected chi connectivity index (χ4v) is 3.32. The minimum atomic E-state index is -0.0955. The van der Waals surface area contributed by atoms with E-state index in [1.807, 2.05) is 35.9 Å². The van der Waals surface area contributed by atoms with Crippen molar-refractivity contribution in [1.82, 2.24) is 25.2 Å². The van der Waals surface area contributed by atoms with Crippen molar-refractivity contribution in [3.63, 3.8) is 0 Å². The topological polar surface area (TPSA) is 85.6 Å². The highest BCUT2D eigenvalue weighted by atomic mass is 32.2. The highest BCUT2D eigenvalue weighted by Crippen LogP contribution is 2.19. The van der Waals surface area contributed by atoms with Crippen LogP contribution >= 0.6 is 23.1 Å². The number of aromatic nitrogens is 5. The Kier molecular flexibility index (Phi) is 5.21. The summed E-state index contributed by atoms with van der Waals surface area (Å²) in [6.07, 6.45) is 3.06. The Morgan fingerprint density at radius 1 is 1.42 bits per heavy atom. The van der Waals surface area contributed by atoms with Crippen LogP contribution in [-0.2, 0) is 17.6 Å². The molecule has 0 aliphatic rings. The maximum absolute atomic E-state index is 12.2. The first-order valence-electron chi connectivity index (χ1n) is 7.35. The third-order valence-corrected chi connectivity index (χ3v) is 4.90. The number of hydrogen-bond donors (Lipinski definition) is 1. The second kappa shape index (κ2) is 7.54. The Bertz CT molecular complexity index is 844. The van der Waals surface area contributed by atoms with Crippen LogP contribution in [0.1, 0.15) is 17.6 Å². The highest BCUT2D eigenvalue weighted by Gasteiger charge is 2.10. The van der Waals surface area contributed by atoms with E-state index in [-0.39, 0.29) is 12.3 Å². The quantitative estimate of drug-likeness (QED) is 0.680. The zero-order chi connectivity index (χ0) is 16.9. The first-order valence-corrected chi connectivity index (χ1v) is 9.46. The zero-order valence-corrected chi connectivity index (χ0v) is 14.9. The molecular formula is C15H16N6OS2. The molecule has 0 aliphatic heterocycles. The molecule has 0 unspecified atom stereocenters. The number of nitrogens with one attached hydrogen (secondary N) is 1. The van der Waals surface area contributed by atoms with Crippen molar-refractivity contribution in [2.75, 3.05) is 11.6 Å². The van der Waals surface area contributed by atoms with Crippen molar-refractivity contribution >= 4 is 34.7 Å². The third-order valence-electron chi connectivity index (χ3n) is 3.24. The molecule has 0 saturated carbocycles. The molecule has 2 heterocycles. The third kappa shape index (κ3) is 3.80. The second-order valence-corrected chi connectivity index (χ2v) is 6.65. The molecule has 2 aromatic heterocycles. The molecule has 0 fully saturated rings. The minimum absolute atomic E-state index is 0.0955.